The van der Waals surface area contributed by atoms with Crippen LogP contribution in [0.3, 0.4) is 0 Å². The van der Waals surface area contributed by atoms with Crippen molar-refractivity contribution in [2.75, 3.05) is 13.3 Å². The Morgan fingerprint density at radius 1 is 1.00 bits per heavy atom. The van der Waals surface area contributed by atoms with Gasteiger partial charge in [0.15, 0.2) is 0 Å². The lowest BCUT2D eigenvalue weighted by atomic mass is 9.99. The summed E-state index contributed by atoms with van der Waals surface area (Å²) >= 11 is 5.19. The maximum Gasteiger partial charge on any atom is 0.344 e. The van der Waals surface area contributed by atoms with Crippen molar-refractivity contribution in [1.29, 1.82) is 0 Å². The van der Waals surface area contributed by atoms with E-state index in [1.54, 1.807) is 23.5 Å². The smallest absolute Gasteiger partial charge is 0.344 e. The minimum Gasteiger partial charge on any atom is -0.478 e. The molecule has 0 N–H and O–H groups in total. The molecule has 5 aromatic rings. The van der Waals surface area contributed by atoms with Gasteiger partial charge in [0.25, 0.3) is 0 Å². The Bertz CT molecular complexity index is 1650. The summed E-state index contributed by atoms with van der Waals surface area (Å²) in [6.07, 6.45) is 0.921. The third-order valence-corrected chi connectivity index (χ3v) is 7.43. The van der Waals surface area contributed by atoms with Gasteiger partial charge in [0, 0.05) is 44.8 Å². The first-order valence-corrected chi connectivity index (χ1v) is 12.4. The van der Waals surface area contributed by atoms with E-state index >= 15 is 0 Å². The summed E-state index contributed by atoms with van der Waals surface area (Å²) in [6.45, 7) is 1.88. The lowest BCUT2D eigenvalue weighted by Crippen LogP contribution is -2.33. The van der Waals surface area contributed by atoms with Crippen LogP contribution in [0.25, 0.3) is 33.1 Å². The summed E-state index contributed by atoms with van der Waals surface area (Å²) in [7, 11) is 0. The van der Waals surface area contributed by atoms with Gasteiger partial charge in [0.2, 0.25) is 0 Å². The van der Waals surface area contributed by atoms with Gasteiger partial charge in [0.1, 0.15) is 23.6 Å². The fourth-order valence-corrected chi connectivity index (χ4v) is 5.43. The zero-order chi connectivity index (χ0) is 23.2. The average Bonchev–Trinajstić information content (AvgIpc) is 3.36. The summed E-state index contributed by atoms with van der Waals surface area (Å²) in [5.41, 5.74) is 1.50. The molecular formula is C26H18BrNO5S. The molecule has 6 nitrogen and oxygen atoms in total. The van der Waals surface area contributed by atoms with Crippen molar-refractivity contribution < 1.29 is 13.6 Å². The first kappa shape index (κ1) is 21.3. The van der Waals surface area contributed by atoms with E-state index in [-0.39, 0.29) is 0 Å². The Morgan fingerprint density at radius 2 is 1.91 bits per heavy atom. The number of hydrogen-bond acceptors (Lipinski definition) is 7. The number of nitrogens with zero attached hydrogens (tertiary/aromatic N) is 1. The van der Waals surface area contributed by atoms with Gasteiger partial charge in [-0.05, 0) is 54.3 Å². The number of fused-ring (bicyclic) bond motifs is 4. The predicted molar refractivity (Wildman–Crippen MR) is 136 cm³/mol. The highest BCUT2D eigenvalue weighted by atomic mass is 79.9. The molecule has 0 amide bonds. The highest BCUT2D eigenvalue weighted by Gasteiger charge is 2.23. The zero-order valence-corrected chi connectivity index (χ0v) is 20.3. The van der Waals surface area contributed by atoms with Crippen LogP contribution in [0, 0.1) is 0 Å². The van der Waals surface area contributed by atoms with Gasteiger partial charge in [-0.1, -0.05) is 22.0 Å². The molecule has 0 saturated carbocycles. The fraction of sp³-hybridized carbons (Fsp3) is 0.154. The first-order valence-electron chi connectivity index (χ1n) is 10.8. The van der Waals surface area contributed by atoms with E-state index in [2.05, 4.69) is 32.3 Å². The minimum absolute atomic E-state index is 0.315. The van der Waals surface area contributed by atoms with Gasteiger partial charge >= 0.3 is 11.3 Å². The summed E-state index contributed by atoms with van der Waals surface area (Å²) in [6, 6.07) is 16.4. The second kappa shape index (κ2) is 8.54. The molecule has 3 aromatic heterocycles. The monoisotopic (exact) mass is 535 g/mol. The molecule has 1 aliphatic rings. The summed E-state index contributed by atoms with van der Waals surface area (Å²) < 4.78 is 18.1. The van der Waals surface area contributed by atoms with E-state index in [9.17, 15) is 9.59 Å². The summed E-state index contributed by atoms with van der Waals surface area (Å²) in [5.74, 6) is 0.689. The van der Waals surface area contributed by atoms with Crippen molar-refractivity contribution >= 4 is 49.2 Å². The highest BCUT2D eigenvalue weighted by Crippen LogP contribution is 2.36. The molecule has 0 saturated heterocycles. The lowest BCUT2D eigenvalue weighted by Gasteiger charge is -2.29. The summed E-state index contributed by atoms with van der Waals surface area (Å²) in [5, 5.41) is 3.50. The normalized spacial score (nSPS) is 13.8. The predicted octanol–water partition coefficient (Wildman–Crippen LogP) is 5.79. The van der Waals surface area contributed by atoms with Gasteiger partial charge < -0.3 is 13.6 Å². The van der Waals surface area contributed by atoms with Crippen molar-refractivity contribution in [3.8, 4) is 16.9 Å². The van der Waals surface area contributed by atoms with Crippen molar-refractivity contribution in [2.45, 2.75) is 13.0 Å². The van der Waals surface area contributed by atoms with E-state index in [0.29, 0.717) is 46.7 Å². The molecule has 0 aliphatic carbocycles. The molecule has 34 heavy (non-hydrogen) atoms. The highest BCUT2D eigenvalue weighted by molar-refractivity contribution is 9.10. The first-order chi connectivity index (χ1) is 16.5. The topological polar surface area (TPSA) is 72.9 Å². The average molecular weight is 536 g/mol. The molecule has 2 aromatic carbocycles. The maximum atomic E-state index is 12.9. The quantitative estimate of drug-likeness (QED) is 0.271. The molecular weight excluding hydrogens is 518 g/mol. The molecule has 0 spiro atoms. The van der Waals surface area contributed by atoms with Crippen LogP contribution in [0.1, 0.15) is 10.4 Å². The molecule has 4 heterocycles. The Labute approximate surface area is 206 Å². The SMILES string of the molecule is O=c1cc(-c2cc3cc(Br)ccc3oc2=O)c2ccc3c(c2o1)CN(CCc1cccs1)CO3. The number of thiophene rings is 1. The number of hydrogen-bond donors (Lipinski definition) is 0. The van der Waals surface area contributed by atoms with Crippen LogP contribution in [0.2, 0.25) is 0 Å². The van der Waals surface area contributed by atoms with Gasteiger partial charge in [-0.15, -0.1) is 11.3 Å². The molecule has 8 heteroatoms. The zero-order valence-electron chi connectivity index (χ0n) is 17.9. The largest absolute Gasteiger partial charge is 0.478 e. The summed E-state index contributed by atoms with van der Waals surface area (Å²) in [4.78, 5) is 29.0. The van der Waals surface area contributed by atoms with Crippen molar-refractivity contribution in [3.05, 3.63) is 95.7 Å². The second-order valence-corrected chi connectivity index (χ2v) is 10.1. The Balaban J connectivity index is 1.45. The third kappa shape index (κ3) is 3.87. The van der Waals surface area contributed by atoms with Crippen LogP contribution >= 0.6 is 27.3 Å². The number of benzene rings is 2. The minimum atomic E-state index is -0.527. The molecule has 170 valence electrons. The van der Waals surface area contributed by atoms with Gasteiger partial charge in [-0.3, -0.25) is 4.90 Å². The van der Waals surface area contributed by atoms with Crippen LogP contribution in [0.15, 0.2) is 82.9 Å². The van der Waals surface area contributed by atoms with Crippen LogP contribution < -0.4 is 16.0 Å². The van der Waals surface area contributed by atoms with Crippen LogP contribution in [-0.4, -0.2) is 18.2 Å². The molecule has 0 radical (unpaired) electrons. The number of rotatable bonds is 4. The Hall–Kier alpha value is -3.20. The molecule has 0 atom stereocenters. The van der Waals surface area contributed by atoms with Crippen molar-refractivity contribution in [2.24, 2.45) is 0 Å². The second-order valence-electron chi connectivity index (χ2n) is 8.18. The standard InChI is InChI=1S/C26H18BrNO5S/c27-16-3-5-22-15(10-16)11-20(26(30)32-22)19-12-24(29)33-25-18(19)4-6-23-21(25)13-28(14-31-23)8-7-17-2-1-9-34-17/h1-6,9-12H,7-8,13-14H2. The molecule has 1 aliphatic heterocycles. The fourth-order valence-electron chi connectivity index (χ4n) is 4.35. The van der Waals surface area contributed by atoms with E-state index in [1.807, 2.05) is 30.3 Å². The van der Waals surface area contributed by atoms with Crippen LogP contribution in [0.5, 0.6) is 5.75 Å². The Morgan fingerprint density at radius 3 is 2.76 bits per heavy atom. The molecule has 0 unspecified atom stereocenters. The van der Waals surface area contributed by atoms with E-state index in [4.69, 9.17) is 13.6 Å². The van der Waals surface area contributed by atoms with Crippen LogP contribution in [-0.2, 0) is 13.0 Å². The maximum absolute atomic E-state index is 12.9. The number of ether oxygens (including phenoxy) is 1. The molecule has 0 fully saturated rings. The van der Waals surface area contributed by atoms with E-state index in [1.165, 1.54) is 10.9 Å². The van der Waals surface area contributed by atoms with E-state index in [0.717, 1.165) is 28.4 Å². The van der Waals surface area contributed by atoms with Gasteiger partial charge in [-0.2, -0.15) is 0 Å². The van der Waals surface area contributed by atoms with Gasteiger partial charge in [0.05, 0.1) is 11.1 Å². The molecule has 0 bridgehead atoms. The van der Waals surface area contributed by atoms with Gasteiger partial charge in [-0.25, -0.2) is 9.59 Å². The van der Waals surface area contributed by atoms with E-state index < -0.39 is 11.3 Å². The number of halogens is 1. The van der Waals surface area contributed by atoms with Crippen molar-refractivity contribution in [1.82, 2.24) is 4.90 Å². The van der Waals surface area contributed by atoms with Crippen LogP contribution in [0.4, 0.5) is 0 Å². The third-order valence-electron chi connectivity index (χ3n) is 6.00. The Kier molecular flexibility index (Phi) is 5.36. The van der Waals surface area contributed by atoms with Crippen molar-refractivity contribution in [3.63, 3.8) is 0 Å². The molecule has 6 rings (SSSR count). The lowest BCUT2D eigenvalue weighted by molar-refractivity contribution is 0.0970.